The summed E-state index contributed by atoms with van der Waals surface area (Å²) in [6, 6.07) is 4.65. The Balaban J connectivity index is 2.14. The predicted molar refractivity (Wildman–Crippen MR) is 69.3 cm³/mol. The number of alkyl halides is 1. The molecule has 0 spiro atoms. The molecule has 0 aliphatic heterocycles. The molecule has 0 bridgehead atoms. The van der Waals surface area contributed by atoms with Crippen LogP contribution in [0.2, 0.25) is 0 Å². The smallest absolute Gasteiger partial charge is 0.0539 e. The van der Waals surface area contributed by atoms with Crippen molar-refractivity contribution in [2.75, 3.05) is 11.9 Å². The first-order chi connectivity index (χ1) is 7.68. The van der Waals surface area contributed by atoms with Crippen molar-refractivity contribution in [2.24, 2.45) is 0 Å². The van der Waals surface area contributed by atoms with Crippen molar-refractivity contribution in [1.82, 2.24) is 4.98 Å². The Bertz CT molecular complexity index is 354. The van der Waals surface area contributed by atoms with E-state index in [0.717, 1.165) is 12.1 Å². The van der Waals surface area contributed by atoms with Crippen molar-refractivity contribution in [1.29, 1.82) is 0 Å². The van der Waals surface area contributed by atoms with Gasteiger partial charge in [-0.2, -0.15) is 0 Å². The standard InChI is InChI=1S/C13H19ClN2/c1-10-9-11(7-8-15-10)16(2)13-6-4-3-5-12(13)14/h7-9,12-13H,3-6H2,1-2H3. The molecule has 0 aromatic carbocycles. The Morgan fingerprint density at radius 2 is 2.12 bits per heavy atom. The zero-order valence-electron chi connectivity index (χ0n) is 9.99. The van der Waals surface area contributed by atoms with Crippen LogP contribution in [0.15, 0.2) is 18.3 Å². The summed E-state index contributed by atoms with van der Waals surface area (Å²) in [5, 5.41) is 0.284. The Morgan fingerprint density at radius 1 is 1.38 bits per heavy atom. The van der Waals surface area contributed by atoms with Crippen LogP contribution in [0, 0.1) is 6.92 Å². The maximum absolute atomic E-state index is 6.41. The number of aryl methyl sites for hydroxylation is 1. The number of nitrogens with zero attached hydrogens (tertiary/aromatic N) is 2. The number of rotatable bonds is 2. The van der Waals surface area contributed by atoms with E-state index in [-0.39, 0.29) is 5.38 Å². The Labute approximate surface area is 103 Å². The lowest BCUT2D eigenvalue weighted by molar-refractivity contribution is 0.434. The highest BCUT2D eigenvalue weighted by molar-refractivity contribution is 6.21. The van der Waals surface area contributed by atoms with Crippen molar-refractivity contribution in [3.05, 3.63) is 24.0 Å². The maximum Gasteiger partial charge on any atom is 0.0539 e. The second-order valence-electron chi connectivity index (χ2n) is 4.63. The van der Waals surface area contributed by atoms with E-state index < -0.39 is 0 Å². The normalized spacial score (nSPS) is 25.4. The van der Waals surface area contributed by atoms with Gasteiger partial charge in [0.1, 0.15) is 0 Å². The van der Waals surface area contributed by atoms with Gasteiger partial charge in [0.15, 0.2) is 0 Å². The van der Waals surface area contributed by atoms with Crippen molar-refractivity contribution in [3.8, 4) is 0 Å². The van der Waals surface area contributed by atoms with Crippen molar-refractivity contribution in [2.45, 2.75) is 44.0 Å². The summed E-state index contributed by atoms with van der Waals surface area (Å²) in [6.07, 6.45) is 6.77. The fourth-order valence-electron chi connectivity index (χ4n) is 2.44. The van der Waals surface area contributed by atoms with Crippen LogP contribution < -0.4 is 4.90 Å². The first-order valence-corrected chi connectivity index (χ1v) is 6.41. The molecule has 2 atom stereocenters. The summed E-state index contributed by atoms with van der Waals surface area (Å²) in [7, 11) is 2.14. The van der Waals surface area contributed by atoms with E-state index in [1.807, 2.05) is 13.1 Å². The van der Waals surface area contributed by atoms with Crippen molar-refractivity contribution < 1.29 is 0 Å². The molecule has 1 fully saturated rings. The van der Waals surface area contributed by atoms with Gasteiger partial charge >= 0.3 is 0 Å². The van der Waals surface area contributed by atoms with Gasteiger partial charge in [0.2, 0.25) is 0 Å². The van der Waals surface area contributed by atoms with E-state index >= 15 is 0 Å². The molecule has 1 aromatic rings. The summed E-state index contributed by atoms with van der Waals surface area (Å²) in [5.74, 6) is 0. The van der Waals surface area contributed by atoms with E-state index in [9.17, 15) is 0 Å². The molecule has 3 heteroatoms. The molecule has 0 saturated heterocycles. The highest BCUT2D eigenvalue weighted by Gasteiger charge is 2.26. The van der Waals surface area contributed by atoms with Crippen LogP contribution in [-0.4, -0.2) is 23.5 Å². The van der Waals surface area contributed by atoms with E-state index in [2.05, 4.69) is 29.1 Å². The van der Waals surface area contributed by atoms with Gasteiger partial charge in [-0.05, 0) is 31.9 Å². The molecule has 1 aliphatic rings. The highest BCUT2D eigenvalue weighted by Crippen LogP contribution is 2.29. The molecule has 2 nitrogen and oxygen atoms in total. The van der Waals surface area contributed by atoms with Gasteiger partial charge < -0.3 is 4.90 Å². The molecular formula is C13H19ClN2. The van der Waals surface area contributed by atoms with Gasteiger partial charge in [-0.3, -0.25) is 4.98 Å². The fourth-order valence-corrected chi connectivity index (χ4v) is 2.89. The second-order valence-corrected chi connectivity index (χ2v) is 5.19. The summed E-state index contributed by atoms with van der Waals surface area (Å²) < 4.78 is 0. The quantitative estimate of drug-likeness (QED) is 0.735. The largest absolute Gasteiger partial charge is 0.370 e. The molecule has 2 rings (SSSR count). The monoisotopic (exact) mass is 238 g/mol. The number of anilines is 1. The van der Waals surface area contributed by atoms with Crippen LogP contribution in [0.25, 0.3) is 0 Å². The SMILES string of the molecule is Cc1cc(N(C)C2CCCCC2Cl)ccn1. The van der Waals surface area contributed by atoms with Crippen LogP contribution in [0.5, 0.6) is 0 Å². The average Bonchev–Trinajstić information content (AvgIpc) is 2.29. The zero-order valence-corrected chi connectivity index (χ0v) is 10.7. The van der Waals surface area contributed by atoms with E-state index in [0.29, 0.717) is 6.04 Å². The number of aromatic nitrogens is 1. The van der Waals surface area contributed by atoms with Crippen LogP contribution in [0.1, 0.15) is 31.4 Å². The highest BCUT2D eigenvalue weighted by atomic mass is 35.5. The summed E-state index contributed by atoms with van der Waals surface area (Å²) in [4.78, 5) is 6.54. The molecule has 0 amide bonds. The molecule has 1 aliphatic carbocycles. The Hall–Kier alpha value is -0.760. The van der Waals surface area contributed by atoms with Gasteiger partial charge in [-0.25, -0.2) is 0 Å². The predicted octanol–water partition coefficient (Wildman–Crippen LogP) is 3.38. The third-order valence-electron chi connectivity index (χ3n) is 3.43. The average molecular weight is 239 g/mol. The van der Waals surface area contributed by atoms with E-state index in [1.165, 1.54) is 24.9 Å². The Kier molecular flexibility index (Phi) is 3.70. The first-order valence-electron chi connectivity index (χ1n) is 5.98. The van der Waals surface area contributed by atoms with Gasteiger partial charge in [-0.15, -0.1) is 11.6 Å². The zero-order chi connectivity index (χ0) is 11.5. The first kappa shape index (κ1) is 11.7. The van der Waals surface area contributed by atoms with E-state index in [4.69, 9.17) is 11.6 Å². The van der Waals surface area contributed by atoms with Crippen LogP contribution in [0.3, 0.4) is 0 Å². The molecule has 16 heavy (non-hydrogen) atoms. The minimum atomic E-state index is 0.284. The number of pyridine rings is 1. The number of hydrogen-bond donors (Lipinski definition) is 0. The summed E-state index contributed by atoms with van der Waals surface area (Å²) in [6.45, 7) is 2.02. The van der Waals surface area contributed by atoms with Crippen LogP contribution in [-0.2, 0) is 0 Å². The molecule has 0 radical (unpaired) electrons. The van der Waals surface area contributed by atoms with Crippen LogP contribution in [0.4, 0.5) is 5.69 Å². The van der Waals surface area contributed by atoms with Gasteiger partial charge in [0, 0.05) is 30.7 Å². The number of hydrogen-bond acceptors (Lipinski definition) is 2. The topological polar surface area (TPSA) is 16.1 Å². The van der Waals surface area contributed by atoms with Gasteiger partial charge in [-0.1, -0.05) is 12.8 Å². The molecule has 88 valence electrons. The lowest BCUT2D eigenvalue weighted by Crippen LogP contribution is -2.41. The fraction of sp³-hybridized carbons (Fsp3) is 0.615. The minimum absolute atomic E-state index is 0.284. The molecule has 1 aromatic heterocycles. The lowest BCUT2D eigenvalue weighted by atomic mass is 9.93. The van der Waals surface area contributed by atoms with Crippen LogP contribution >= 0.6 is 11.6 Å². The van der Waals surface area contributed by atoms with Gasteiger partial charge in [0.05, 0.1) is 5.38 Å². The molecular weight excluding hydrogens is 220 g/mol. The lowest BCUT2D eigenvalue weighted by Gasteiger charge is -2.36. The molecule has 1 heterocycles. The molecule has 0 N–H and O–H groups in total. The summed E-state index contributed by atoms with van der Waals surface area (Å²) >= 11 is 6.41. The Morgan fingerprint density at radius 3 is 2.81 bits per heavy atom. The minimum Gasteiger partial charge on any atom is -0.370 e. The number of halogens is 1. The maximum atomic E-state index is 6.41. The second kappa shape index (κ2) is 5.05. The molecule has 2 unspecified atom stereocenters. The van der Waals surface area contributed by atoms with Crippen molar-refractivity contribution in [3.63, 3.8) is 0 Å². The van der Waals surface area contributed by atoms with E-state index in [1.54, 1.807) is 0 Å². The third kappa shape index (κ3) is 2.49. The molecule has 1 saturated carbocycles. The third-order valence-corrected chi connectivity index (χ3v) is 3.94. The summed E-state index contributed by atoms with van der Waals surface area (Å²) in [5.41, 5.74) is 2.29. The van der Waals surface area contributed by atoms with Crippen molar-refractivity contribution >= 4 is 17.3 Å². The van der Waals surface area contributed by atoms with Gasteiger partial charge in [0.25, 0.3) is 0 Å².